The van der Waals surface area contributed by atoms with Gasteiger partial charge in [-0.25, -0.2) is 0 Å². The van der Waals surface area contributed by atoms with Crippen molar-refractivity contribution in [2.24, 2.45) is 0 Å². The smallest absolute Gasteiger partial charge is 0.399 e. The average Bonchev–Trinajstić information content (AvgIpc) is 2.26. The average molecular weight is 273 g/mol. The standard InChI is InChI=1S/C13H18F3N3/c1-9(18-4-5-19(2)3)10-6-11(13(14,15)16)8-12(17)7-10/h6-8,18H,1,4-5,17H2,2-3H3. The van der Waals surface area contributed by atoms with Crippen molar-refractivity contribution in [2.75, 3.05) is 32.9 Å². The van der Waals surface area contributed by atoms with Crippen LogP contribution in [0, 0.1) is 0 Å². The highest BCUT2D eigenvalue weighted by molar-refractivity contribution is 5.66. The zero-order valence-electron chi connectivity index (χ0n) is 11.0. The van der Waals surface area contributed by atoms with E-state index in [9.17, 15) is 13.2 Å². The highest BCUT2D eigenvalue weighted by Gasteiger charge is 2.31. The normalized spacial score (nSPS) is 11.7. The van der Waals surface area contributed by atoms with Crippen LogP contribution in [-0.4, -0.2) is 32.1 Å². The minimum atomic E-state index is -4.41. The third-order valence-electron chi connectivity index (χ3n) is 2.53. The van der Waals surface area contributed by atoms with E-state index in [1.807, 2.05) is 19.0 Å². The quantitative estimate of drug-likeness (QED) is 0.809. The van der Waals surface area contributed by atoms with E-state index in [2.05, 4.69) is 11.9 Å². The molecule has 0 aliphatic carbocycles. The molecule has 0 aliphatic rings. The lowest BCUT2D eigenvalue weighted by Gasteiger charge is -2.15. The summed E-state index contributed by atoms with van der Waals surface area (Å²) in [6.45, 7) is 5.09. The van der Waals surface area contributed by atoms with Crippen LogP contribution in [0.25, 0.3) is 5.70 Å². The second-order valence-corrected chi connectivity index (χ2v) is 4.55. The molecule has 0 aliphatic heterocycles. The van der Waals surface area contributed by atoms with E-state index in [1.165, 1.54) is 6.07 Å². The third kappa shape index (κ3) is 4.82. The summed E-state index contributed by atoms with van der Waals surface area (Å²) in [6, 6.07) is 3.43. The molecule has 0 heterocycles. The number of anilines is 1. The maximum atomic E-state index is 12.7. The van der Waals surface area contributed by atoms with Crippen molar-refractivity contribution >= 4 is 11.4 Å². The van der Waals surface area contributed by atoms with Gasteiger partial charge < -0.3 is 16.0 Å². The number of likely N-dealkylation sites (N-methyl/N-ethyl adjacent to an activating group) is 1. The molecule has 0 atom stereocenters. The number of hydrogen-bond donors (Lipinski definition) is 2. The topological polar surface area (TPSA) is 41.3 Å². The van der Waals surface area contributed by atoms with Gasteiger partial charge in [-0.05, 0) is 37.9 Å². The Kier molecular flexibility index (Phi) is 4.83. The van der Waals surface area contributed by atoms with Crippen LogP contribution >= 0.6 is 0 Å². The number of nitrogens with two attached hydrogens (primary N) is 1. The van der Waals surface area contributed by atoms with E-state index in [1.54, 1.807) is 0 Å². The summed E-state index contributed by atoms with van der Waals surface area (Å²) < 4.78 is 38.0. The first-order valence-corrected chi connectivity index (χ1v) is 5.76. The van der Waals surface area contributed by atoms with Crippen LogP contribution in [0.3, 0.4) is 0 Å². The van der Waals surface area contributed by atoms with Gasteiger partial charge in [0, 0.05) is 24.5 Å². The highest BCUT2D eigenvalue weighted by atomic mass is 19.4. The lowest BCUT2D eigenvalue weighted by atomic mass is 10.1. The molecule has 0 saturated carbocycles. The lowest BCUT2D eigenvalue weighted by Crippen LogP contribution is -2.25. The second-order valence-electron chi connectivity index (χ2n) is 4.55. The lowest BCUT2D eigenvalue weighted by molar-refractivity contribution is -0.137. The Morgan fingerprint density at radius 2 is 1.95 bits per heavy atom. The number of nitrogen functional groups attached to an aromatic ring is 1. The Hall–Kier alpha value is -1.69. The van der Waals surface area contributed by atoms with Gasteiger partial charge in [-0.3, -0.25) is 0 Å². The van der Waals surface area contributed by atoms with E-state index in [-0.39, 0.29) is 5.69 Å². The van der Waals surface area contributed by atoms with Crippen LogP contribution in [0.15, 0.2) is 24.8 Å². The summed E-state index contributed by atoms with van der Waals surface area (Å²) in [5.41, 5.74) is 5.58. The van der Waals surface area contributed by atoms with E-state index >= 15 is 0 Å². The van der Waals surface area contributed by atoms with Crippen LogP contribution in [0.5, 0.6) is 0 Å². The number of benzene rings is 1. The summed E-state index contributed by atoms with van der Waals surface area (Å²) in [5, 5.41) is 2.98. The van der Waals surface area contributed by atoms with Crippen molar-refractivity contribution in [1.29, 1.82) is 0 Å². The van der Waals surface area contributed by atoms with Crippen LogP contribution in [-0.2, 0) is 6.18 Å². The van der Waals surface area contributed by atoms with Gasteiger partial charge in [0.05, 0.1) is 5.56 Å². The Morgan fingerprint density at radius 1 is 1.32 bits per heavy atom. The first-order chi connectivity index (χ1) is 8.70. The molecule has 3 nitrogen and oxygen atoms in total. The third-order valence-corrected chi connectivity index (χ3v) is 2.53. The van der Waals surface area contributed by atoms with Crippen molar-refractivity contribution in [3.05, 3.63) is 35.9 Å². The largest absolute Gasteiger partial charge is 0.416 e. The van der Waals surface area contributed by atoms with Crippen LogP contribution in [0.2, 0.25) is 0 Å². The first-order valence-electron chi connectivity index (χ1n) is 5.76. The van der Waals surface area contributed by atoms with Gasteiger partial charge in [-0.1, -0.05) is 6.58 Å². The van der Waals surface area contributed by atoms with Gasteiger partial charge in [0.2, 0.25) is 0 Å². The van der Waals surface area contributed by atoms with E-state index in [4.69, 9.17) is 5.73 Å². The Balaban J connectivity index is 2.83. The molecule has 0 bridgehead atoms. The monoisotopic (exact) mass is 273 g/mol. The van der Waals surface area contributed by atoms with E-state index in [0.29, 0.717) is 17.8 Å². The highest BCUT2D eigenvalue weighted by Crippen LogP contribution is 2.32. The molecule has 19 heavy (non-hydrogen) atoms. The molecule has 0 saturated heterocycles. The van der Waals surface area contributed by atoms with Crippen LogP contribution < -0.4 is 11.1 Å². The van der Waals surface area contributed by atoms with Gasteiger partial charge in [-0.15, -0.1) is 0 Å². The number of halogens is 3. The number of hydrogen-bond acceptors (Lipinski definition) is 3. The van der Waals surface area contributed by atoms with Crippen molar-refractivity contribution < 1.29 is 13.2 Å². The Morgan fingerprint density at radius 3 is 2.47 bits per heavy atom. The zero-order chi connectivity index (χ0) is 14.6. The molecular formula is C13H18F3N3. The molecular weight excluding hydrogens is 255 g/mol. The van der Waals surface area contributed by atoms with Gasteiger partial charge in [0.25, 0.3) is 0 Å². The minimum Gasteiger partial charge on any atom is -0.399 e. The number of alkyl halides is 3. The molecule has 6 heteroatoms. The maximum Gasteiger partial charge on any atom is 0.416 e. The molecule has 106 valence electrons. The van der Waals surface area contributed by atoms with Gasteiger partial charge >= 0.3 is 6.18 Å². The van der Waals surface area contributed by atoms with Crippen molar-refractivity contribution in [3.8, 4) is 0 Å². The number of rotatable bonds is 5. The van der Waals surface area contributed by atoms with Gasteiger partial charge in [-0.2, -0.15) is 13.2 Å². The summed E-state index contributed by atoms with van der Waals surface area (Å²) >= 11 is 0. The number of nitrogens with one attached hydrogen (secondary N) is 1. The van der Waals surface area contributed by atoms with Crippen LogP contribution in [0.1, 0.15) is 11.1 Å². The molecule has 3 N–H and O–H groups in total. The van der Waals surface area contributed by atoms with E-state index < -0.39 is 11.7 Å². The first kappa shape index (κ1) is 15.4. The molecule has 1 rings (SSSR count). The molecule has 0 amide bonds. The molecule has 0 fully saturated rings. The second kappa shape index (κ2) is 5.97. The predicted molar refractivity (Wildman–Crippen MR) is 71.4 cm³/mol. The molecule has 0 aromatic heterocycles. The summed E-state index contributed by atoms with van der Waals surface area (Å²) in [4.78, 5) is 1.96. The van der Waals surface area contributed by atoms with Gasteiger partial charge in [0.1, 0.15) is 0 Å². The predicted octanol–water partition coefficient (Wildman–Crippen LogP) is 2.41. The zero-order valence-corrected chi connectivity index (χ0v) is 11.0. The fraction of sp³-hybridized carbons (Fsp3) is 0.385. The van der Waals surface area contributed by atoms with Crippen molar-refractivity contribution in [2.45, 2.75) is 6.18 Å². The fourth-order valence-electron chi connectivity index (χ4n) is 1.52. The van der Waals surface area contributed by atoms with Gasteiger partial charge in [0.15, 0.2) is 0 Å². The molecule has 1 aromatic carbocycles. The number of nitrogens with zero attached hydrogens (tertiary/aromatic N) is 1. The summed E-state index contributed by atoms with van der Waals surface area (Å²) in [7, 11) is 3.82. The minimum absolute atomic E-state index is 0.0698. The molecule has 0 unspecified atom stereocenters. The molecule has 0 spiro atoms. The van der Waals surface area contributed by atoms with Crippen molar-refractivity contribution in [3.63, 3.8) is 0 Å². The van der Waals surface area contributed by atoms with Crippen molar-refractivity contribution in [1.82, 2.24) is 10.2 Å². The Labute approximate surface area is 110 Å². The van der Waals surface area contributed by atoms with E-state index in [0.717, 1.165) is 18.7 Å². The molecule has 1 aromatic rings. The summed E-state index contributed by atoms with van der Waals surface area (Å²) in [6.07, 6.45) is -4.41. The Bertz CT molecular complexity index is 453. The summed E-state index contributed by atoms with van der Waals surface area (Å²) in [5.74, 6) is 0. The van der Waals surface area contributed by atoms with Crippen LogP contribution in [0.4, 0.5) is 18.9 Å². The fourth-order valence-corrected chi connectivity index (χ4v) is 1.52. The maximum absolute atomic E-state index is 12.7. The molecule has 0 radical (unpaired) electrons. The SMILES string of the molecule is C=C(NCCN(C)C)c1cc(N)cc(C(F)(F)F)c1.